The van der Waals surface area contributed by atoms with Crippen LogP contribution in [-0.2, 0) is 4.74 Å². The molecule has 0 radical (unpaired) electrons. The quantitative estimate of drug-likeness (QED) is 0.543. The fourth-order valence-electron chi connectivity index (χ4n) is 4.20. The molecule has 0 saturated carbocycles. The first-order valence-electron chi connectivity index (χ1n) is 10.7. The summed E-state index contributed by atoms with van der Waals surface area (Å²) in [6.45, 7) is 7.71. The molecule has 0 aliphatic carbocycles. The van der Waals surface area contributed by atoms with Crippen molar-refractivity contribution >= 4 is 0 Å². The molecule has 2 heterocycles. The number of nitrogens with zero attached hydrogens (tertiary/aromatic N) is 1. The molecule has 4 rings (SSSR count). The number of morpholine rings is 1. The van der Waals surface area contributed by atoms with Crippen molar-refractivity contribution in [2.45, 2.75) is 26.1 Å². The molecular weight excluding hydrogens is 394 g/mol. The zero-order valence-electron chi connectivity index (χ0n) is 18.2. The van der Waals surface area contributed by atoms with Gasteiger partial charge >= 0.3 is 0 Å². The molecule has 7 heteroatoms. The molecule has 0 amide bonds. The van der Waals surface area contributed by atoms with Crippen molar-refractivity contribution in [3.63, 3.8) is 0 Å². The molecule has 1 aromatic heterocycles. The number of quaternary nitrogens is 1. The van der Waals surface area contributed by atoms with E-state index in [-0.39, 0.29) is 18.0 Å². The smallest absolute Gasteiger partial charge is 0.137 e. The van der Waals surface area contributed by atoms with Crippen LogP contribution in [0.4, 0.5) is 0 Å². The van der Waals surface area contributed by atoms with Gasteiger partial charge in [-0.1, -0.05) is 12.1 Å². The Labute approximate surface area is 182 Å². The topological polar surface area (TPSA) is 81.0 Å². The Balaban J connectivity index is 1.43. The Hall–Kier alpha value is -3.03. The van der Waals surface area contributed by atoms with Gasteiger partial charge in [0.05, 0.1) is 19.0 Å². The monoisotopic (exact) mass is 424 g/mol. The van der Waals surface area contributed by atoms with Gasteiger partial charge in [0.25, 0.3) is 0 Å². The first kappa shape index (κ1) is 21.2. The summed E-state index contributed by atoms with van der Waals surface area (Å²) in [6.07, 6.45) is 2.31. The van der Waals surface area contributed by atoms with E-state index >= 15 is 0 Å². The van der Waals surface area contributed by atoms with E-state index in [0.717, 1.165) is 42.2 Å². The second-order valence-electron chi connectivity index (χ2n) is 8.08. The summed E-state index contributed by atoms with van der Waals surface area (Å²) in [5.74, 6) is 1.60. The van der Waals surface area contributed by atoms with Crippen molar-refractivity contribution in [2.75, 3.05) is 33.4 Å². The highest BCUT2D eigenvalue weighted by molar-refractivity contribution is 5.83. The lowest BCUT2D eigenvalue weighted by Gasteiger charge is -2.32. The van der Waals surface area contributed by atoms with E-state index in [9.17, 15) is 5.11 Å². The van der Waals surface area contributed by atoms with Gasteiger partial charge in [0.15, 0.2) is 0 Å². The van der Waals surface area contributed by atoms with Crippen LogP contribution in [-0.4, -0.2) is 60.9 Å². The number of aromatic nitrogens is 2. The predicted molar refractivity (Wildman–Crippen MR) is 119 cm³/mol. The van der Waals surface area contributed by atoms with Crippen LogP contribution in [0.5, 0.6) is 17.2 Å². The lowest BCUT2D eigenvalue weighted by molar-refractivity contribution is -0.915. The van der Waals surface area contributed by atoms with Gasteiger partial charge in [-0.15, -0.1) is 0 Å². The zero-order chi connectivity index (χ0) is 21.8. The maximum atomic E-state index is 10.7. The molecule has 0 spiro atoms. The van der Waals surface area contributed by atoms with Crippen molar-refractivity contribution in [3.05, 3.63) is 48.7 Å². The van der Waals surface area contributed by atoms with Crippen molar-refractivity contribution in [1.29, 1.82) is 0 Å². The highest BCUT2D eigenvalue weighted by Crippen LogP contribution is 2.37. The number of H-pyrrole nitrogens is 1. The molecule has 31 heavy (non-hydrogen) atoms. The van der Waals surface area contributed by atoms with Crippen LogP contribution in [0.1, 0.15) is 13.8 Å². The van der Waals surface area contributed by atoms with Crippen LogP contribution in [0.2, 0.25) is 0 Å². The van der Waals surface area contributed by atoms with Crippen LogP contribution in [0, 0.1) is 0 Å². The zero-order valence-corrected chi connectivity index (χ0v) is 18.2. The van der Waals surface area contributed by atoms with Gasteiger partial charge in [-0.3, -0.25) is 5.10 Å². The van der Waals surface area contributed by atoms with Crippen LogP contribution in [0.3, 0.4) is 0 Å². The van der Waals surface area contributed by atoms with Crippen molar-refractivity contribution in [2.24, 2.45) is 0 Å². The van der Waals surface area contributed by atoms with Crippen molar-refractivity contribution in [3.8, 4) is 39.6 Å². The maximum absolute atomic E-state index is 10.7. The van der Waals surface area contributed by atoms with Crippen LogP contribution >= 0.6 is 0 Å². The van der Waals surface area contributed by atoms with E-state index in [1.165, 1.54) is 4.90 Å². The Morgan fingerprint density at radius 1 is 1.06 bits per heavy atom. The molecule has 1 aliphatic heterocycles. The average molecular weight is 425 g/mol. The molecule has 2 atom stereocenters. The largest absolute Gasteiger partial charge is 0.507 e. The number of hydrogen-bond donors (Lipinski definition) is 3. The molecule has 1 fully saturated rings. The second-order valence-corrected chi connectivity index (χ2v) is 8.08. The first-order chi connectivity index (χ1) is 15.0. The molecular formula is C24H30N3O4+. The third-order valence-electron chi connectivity index (χ3n) is 5.62. The van der Waals surface area contributed by atoms with Gasteiger partial charge in [-0.2, -0.15) is 5.10 Å². The second kappa shape index (κ2) is 9.41. The summed E-state index contributed by atoms with van der Waals surface area (Å²) in [6, 6.07) is 13.1. The number of hydrogen-bond acceptors (Lipinski definition) is 5. The van der Waals surface area contributed by atoms with Crippen molar-refractivity contribution in [1.82, 2.24) is 10.2 Å². The molecule has 3 N–H and O–H groups in total. The Morgan fingerprint density at radius 3 is 2.45 bits per heavy atom. The van der Waals surface area contributed by atoms with Gasteiger partial charge in [0.1, 0.15) is 55.7 Å². The van der Waals surface area contributed by atoms with Gasteiger partial charge in [0, 0.05) is 17.2 Å². The predicted octanol–water partition coefficient (Wildman–Crippen LogP) is 2.53. The number of phenols is 1. The molecule has 7 nitrogen and oxygen atoms in total. The Bertz CT molecular complexity index is 992. The Kier molecular flexibility index (Phi) is 6.44. The summed E-state index contributed by atoms with van der Waals surface area (Å²) in [4.78, 5) is 1.48. The number of ether oxygens (including phenoxy) is 3. The third kappa shape index (κ3) is 5.00. The maximum Gasteiger partial charge on any atom is 0.137 e. The normalized spacial score (nSPS) is 21.1. The minimum Gasteiger partial charge on any atom is -0.507 e. The number of nitrogens with one attached hydrogen (secondary N) is 2. The summed E-state index contributed by atoms with van der Waals surface area (Å²) in [5.41, 5.74) is 3.33. The Morgan fingerprint density at radius 2 is 1.77 bits per heavy atom. The molecule has 0 unspecified atom stereocenters. The van der Waals surface area contributed by atoms with Gasteiger partial charge in [-0.05, 0) is 43.7 Å². The summed E-state index contributed by atoms with van der Waals surface area (Å²) in [5, 5.41) is 17.9. The number of phenolic OH excluding ortho intramolecular Hbond substituents is 1. The lowest BCUT2D eigenvalue weighted by Crippen LogP contribution is -3.16. The van der Waals surface area contributed by atoms with Gasteiger partial charge in [0.2, 0.25) is 0 Å². The molecule has 164 valence electrons. The summed E-state index contributed by atoms with van der Waals surface area (Å²) >= 11 is 0. The lowest BCUT2D eigenvalue weighted by atomic mass is 10.0. The van der Waals surface area contributed by atoms with Gasteiger partial charge < -0.3 is 24.2 Å². The standard InChI is InChI=1S/C24H29N3O4/c1-16-14-27(15-17(2)31-16)10-11-30-20-8-9-21(23(28)12-20)24-22(13-25-26-24)18-4-6-19(29-3)7-5-18/h4-9,12-13,16-17,28H,10-11,14-15H2,1-3H3,(H,25,26)/p+1/t16-,17-/m0/s1. The highest BCUT2D eigenvalue weighted by atomic mass is 16.5. The number of aromatic amines is 1. The van der Waals surface area contributed by atoms with Crippen molar-refractivity contribution < 1.29 is 24.2 Å². The van der Waals surface area contributed by atoms with E-state index in [0.29, 0.717) is 17.9 Å². The molecule has 1 saturated heterocycles. The molecule has 1 aliphatic rings. The first-order valence-corrected chi connectivity index (χ1v) is 10.7. The summed E-state index contributed by atoms with van der Waals surface area (Å²) < 4.78 is 16.9. The van der Waals surface area contributed by atoms with Crippen LogP contribution in [0.15, 0.2) is 48.7 Å². The minimum absolute atomic E-state index is 0.150. The van der Waals surface area contributed by atoms with E-state index in [1.54, 1.807) is 19.4 Å². The fourth-order valence-corrected chi connectivity index (χ4v) is 4.20. The molecule has 3 aromatic rings. The average Bonchev–Trinajstić information content (AvgIpc) is 3.23. The number of methoxy groups -OCH3 is 1. The summed E-state index contributed by atoms with van der Waals surface area (Å²) in [7, 11) is 1.64. The highest BCUT2D eigenvalue weighted by Gasteiger charge is 2.25. The van der Waals surface area contributed by atoms with Crippen LogP contribution in [0.25, 0.3) is 22.4 Å². The minimum atomic E-state index is 0.150. The van der Waals surface area contributed by atoms with Gasteiger partial charge in [-0.25, -0.2) is 0 Å². The SMILES string of the molecule is COc1ccc(-c2cn[nH]c2-c2ccc(OCC[NH+]3C[C@H](C)O[C@@H](C)C3)cc2O)cc1. The number of rotatable bonds is 7. The fraction of sp³-hybridized carbons (Fsp3) is 0.375. The van der Waals surface area contributed by atoms with E-state index in [4.69, 9.17) is 14.2 Å². The van der Waals surface area contributed by atoms with E-state index in [2.05, 4.69) is 24.0 Å². The van der Waals surface area contributed by atoms with E-state index < -0.39 is 0 Å². The number of aromatic hydroxyl groups is 1. The third-order valence-corrected chi connectivity index (χ3v) is 5.62. The van der Waals surface area contributed by atoms with E-state index in [1.807, 2.05) is 36.4 Å². The molecule has 2 aromatic carbocycles. The number of benzene rings is 2. The van der Waals surface area contributed by atoms with Crippen LogP contribution < -0.4 is 14.4 Å². The molecule has 0 bridgehead atoms.